The highest BCUT2D eigenvalue weighted by Crippen LogP contribution is 2.20. The van der Waals surface area contributed by atoms with Crippen molar-refractivity contribution >= 4 is 0 Å². The lowest BCUT2D eigenvalue weighted by Gasteiger charge is -2.16. The van der Waals surface area contributed by atoms with E-state index in [1.807, 2.05) is 7.05 Å². The molecular formula is C16H27FN2. The summed E-state index contributed by atoms with van der Waals surface area (Å²) in [5.41, 5.74) is 0.552. The first-order valence-electron chi connectivity index (χ1n) is 7.57. The van der Waals surface area contributed by atoms with E-state index in [-0.39, 0.29) is 11.9 Å². The Labute approximate surface area is 116 Å². The Hall–Kier alpha value is -0.960. The van der Waals surface area contributed by atoms with E-state index in [4.69, 9.17) is 0 Å². The van der Waals surface area contributed by atoms with Crippen LogP contribution in [0.2, 0.25) is 0 Å². The van der Waals surface area contributed by atoms with Gasteiger partial charge in [0.1, 0.15) is 5.82 Å². The summed E-state index contributed by atoms with van der Waals surface area (Å²) in [6.07, 6.45) is 11.6. The van der Waals surface area contributed by atoms with Gasteiger partial charge in [0, 0.05) is 6.20 Å². The molecule has 1 heterocycles. The van der Waals surface area contributed by atoms with Crippen molar-refractivity contribution in [2.24, 2.45) is 0 Å². The number of hydrogen-bond donors (Lipinski definition) is 1. The molecule has 0 bridgehead atoms. The van der Waals surface area contributed by atoms with Gasteiger partial charge in [-0.05, 0) is 25.6 Å². The zero-order valence-corrected chi connectivity index (χ0v) is 12.3. The van der Waals surface area contributed by atoms with E-state index < -0.39 is 0 Å². The van der Waals surface area contributed by atoms with Gasteiger partial charge < -0.3 is 5.32 Å². The second kappa shape index (κ2) is 9.90. The molecule has 0 saturated heterocycles. The van der Waals surface area contributed by atoms with E-state index in [1.165, 1.54) is 44.6 Å². The van der Waals surface area contributed by atoms with Crippen LogP contribution in [-0.2, 0) is 0 Å². The highest BCUT2D eigenvalue weighted by molar-refractivity contribution is 5.11. The van der Waals surface area contributed by atoms with E-state index in [9.17, 15) is 4.39 Å². The van der Waals surface area contributed by atoms with Gasteiger partial charge in [-0.15, -0.1) is 0 Å². The number of rotatable bonds is 10. The average molecular weight is 266 g/mol. The maximum absolute atomic E-state index is 13.6. The molecule has 0 fully saturated rings. The van der Waals surface area contributed by atoms with Gasteiger partial charge in [0.25, 0.3) is 0 Å². The fourth-order valence-electron chi connectivity index (χ4n) is 2.38. The van der Waals surface area contributed by atoms with E-state index in [0.717, 1.165) is 12.8 Å². The molecule has 1 aromatic rings. The highest BCUT2D eigenvalue weighted by atomic mass is 19.1. The lowest BCUT2D eigenvalue weighted by atomic mass is 10.0. The van der Waals surface area contributed by atoms with E-state index in [2.05, 4.69) is 17.2 Å². The third-order valence-corrected chi connectivity index (χ3v) is 3.56. The second-order valence-corrected chi connectivity index (χ2v) is 5.12. The lowest BCUT2D eigenvalue weighted by molar-refractivity contribution is 0.463. The number of unbranched alkanes of at least 4 members (excludes halogenated alkanes) is 6. The van der Waals surface area contributed by atoms with Crippen LogP contribution in [0.15, 0.2) is 18.3 Å². The summed E-state index contributed by atoms with van der Waals surface area (Å²) in [6, 6.07) is 3.16. The fraction of sp³-hybridized carbons (Fsp3) is 0.688. The van der Waals surface area contributed by atoms with Crippen molar-refractivity contribution < 1.29 is 4.39 Å². The SMILES string of the molecule is CCCCCCCCCC(NC)c1ncccc1F. The highest BCUT2D eigenvalue weighted by Gasteiger charge is 2.14. The monoisotopic (exact) mass is 266 g/mol. The van der Waals surface area contributed by atoms with Crippen molar-refractivity contribution in [1.29, 1.82) is 0 Å². The molecule has 2 nitrogen and oxygen atoms in total. The van der Waals surface area contributed by atoms with Crippen molar-refractivity contribution in [3.8, 4) is 0 Å². The number of nitrogens with zero attached hydrogens (tertiary/aromatic N) is 1. The molecule has 0 amide bonds. The summed E-state index contributed by atoms with van der Waals surface area (Å²) < 4.78 is 13.6. The molecule has 0 spiro atoms. The summed E-state index contributed by atoms with van der Waals surface area (Å²) in [4.78, 5) is 4.15. The van der Waals surface area contributed by atoms with Crippen LogP contribution in [0.5, 0.6) is 0 Å². The standard InChI is InChI=1S/C16H27FN2/c1-3-4-5-6-7-8-9-12-15(18-2)16-14(17)11-10-13-19-16/h10-11,13,15,18H,3-9,12H2,1-2H3. The minimum absolute atomic E-state index is 0.0387. The molecule has 0 aliphatic carbocycles. The molecule has 0 saturated carbocycles. The van der Waals surface area contributed by atoms with Gasteiger partial charge in [-0.1, -0.05) is 51.9 Å². The number of nitrogens with one attached hydrogen (secondary N) is 1. The van der Waals surface area contributed by atoms with Crippen LogP contribution >= 0.6 is 0 Å². The van der Waals surface area contributed by atoms with Crippen molar-refractivity contribution in [2.45, 2.75) is 64.3 Å². The Morgan fingerprint density at radius 1 is 1.16 bits per heavy atom. The summed E-state index contributed by atoms with van der Waals surface area (Å²) in [5.74, 6) is -0.204. The maximum Gasteiger partial charge on any atom is 0.146 e. The largest absolute Gasteiger partial charge is 0.312 e. The molecule has 0 aromatic carbocycles. The quantitative estimate of drug-likeness (QED) is 0.625. The van der Waals surface area contributed by atoms with Crippen molar-refractivity contribution in [3.63, 3.8) is 0 Å². The molecule has 3 heteroatoms. The Balaban J connectivity index is 2.24. The number of pyridine rings is 1. The van der Waals surface area contributed by atoms with Gasteiger partial charge in [0.15, 0.2) is 0 Å². The molecule has 0 radical (unpaired) electrons. The molecule has 1 atom stereocenters. The molecule has 1 N–H and O–H groups in total. The lowest BCUT2D eigenvalue weighted by Crippen LogP contribution is -2.19. The molecule has 108 valence electrons. The van der Waals surface area contributed by atoms with Crippen LogP contribution < -0.4 is 5.32 Å². The van der Waals surface area contributed by atoms with Crippen LogP contribution in [0.1, 0.15) is 70.0 Å². The van der Waals surface area contributed by atoms with Gasteiger partial charge in [0.2, 0.25) is 0 Å². The average Bonchev–Trinajstić information content (AvgIpc) is 2.43. The normalized spacial score (nSPS) is 12.6. The summed E-state index contributed by atoms with van der Waals surface area (Å²) in [7, 11) is 1.88. The summed E-state index contributed by atoms with van der Waals surface area (Å²) in [6.45, 7) is 2.24. The van der Waals surface area contributed by atoms with Gasteiger partial charge in [-0.25, -0.2) is 4.39 Å². The Kier molecular flexibility index (Phi) is 8.39. The minimum Gasteiger partial charge on any atom is -0.312 e. The summed E-state index contributed by atoms with van der Waals surface area (Å²) >= 11 is 0. The zero-order valence-electron chi connectivity index (χ0n) is 12.3. The van der Waals surface area contributed by atoms with Gasteiger partial charge >= 0.3 is 0 Å². The first-order valence-corrected chi connectivity index (χ1v) is 7.57. The minimum atomic E-state index is -0.204. The first kappa shape index (κ1) is 16.1. The first-order chi connectivity index (χ1) is 9.29. The molecule has 1 unspecified atom stereocenters. The van der Waals surface area contributed by atoms with E-state index in [0.29, 0.717) is 5.69 Å². The van der Waals surface area contributed by atoms with Gasteiger partial charge in [-0.3, -0.25) is 4.98 Å². The number of aromatic nitrogens is 1. The second-order valence-electron chi connectivity index (χ2n) is 5.12. The van der Waals surface area contributed by atoms with Crippen LogP contribution in [0, 0.1) is 5.82 Å². The van der Waals surface area contributed by atoms with E-state index >= 15 is 0 Å². The predicted octanol–water partition coefficient (Wildman–Crippen LogP) is 4.62. The third kappa shape index (κ3) is 6.15. The van der Waals surface area contributed by atoms with Crippen LogP contribution in [0.3, 0.4) is 0 Å². The van der Waals surface area contributed by atoms with E-state index in [1.54, 1.807) is 12.3 Å². The molecule has 1 aromatic heterocycles. The number of hydrogen-bond acceptors (Lipinski definition) is 2. The third-order valence-electron chi connectivity index (χ3n) is 3.56. The van der Waals surface area contributed by atoms with Gasteiger partial charge in [0.05, 0.1) is 11.7 Å². The van der Waals surface area contributed by atoms with Crippen molar-refractivity contribution in [3.05, 3.63) is 29.8 Å². The Morgan fingerprint density at radius 3 is 2.47 bits per heavy atom. The van der Waals surface area contributed by atoms with Gasteiger partial charge in [-0.2, -0.15) is 0 Å². The number of halogens is 1. The maximum atomic E-state index is 13.6. The van der Waals surface area contributed by atoms with Crippen molar-refractivity contribution in [1.82, 2.24) is 10.3 Å². The molecule has 0 aliphatic rings. The molecule has 0 aliphatic heterocycles. The smallest absolute Gasteiger partial charge is 0.146 e. The fourth-order valence-corrected chi connectivity index (χ4v) is 2.38. The van der Waals surface area contributed by atoms with Crippen LogP contribution in [0.25, 0.3) is 0 Å². The molecule has 19 heavy (non-hydrogen) atoms. The Morgan fingerprint density at radius 2 is 1.84 bits per heavy atom. The topological polar surface area (TPSA) is 24.9 Å². The molecule has 1 rings (SSSR count). The van der Waals surface area contributed by atoms with Crippen LogP contribution in [-0.4, -0.2) is 12.0 Å². The predicted molar refractivity (Wildman–Crippen MR) is 78.6 cm³/mol. The molecular weight excluding hydrogens is 239 g/mol. The summed E-state index contributed by atoms with van der Waals surface area (Å²) in [5, 5.41) is 3.17. The van der Waals surface area contributed by atoms with Crippen LogP contribution in [0.4, 0.5) is 4.39 Å². The van der Waals surface area contributed by atoms with Crippen molar-refractivity contribution in [2.75, 3.05) is 7.05 Å². The zero-order chi connectivity index (χ0) is 13.9. The Bertz CT molecular complexity index is 341.